The van der Waals surface area contributed by atoms with Crippen molar-refractivity contribution in [1.29, 1.82) is 0 Å². The first-order valence-corrected chi connectivity index (χ1v) is 8.73. The second-order valence-corrected chi connectivity index (χ2v) is 6.51. The minimum absolute atomic E-state index is 0.212. The summed E-state index contributed by atoms with van der Waals surface area (Å²) in [7, 11) is 0. The number of unbranched alkanes of at least 4 members (excludes halogenated alkanes) is 1. The monoisotopic (exact) mass is 337 g/mol. The summed E-state index contributed by atoms with van der Waals surface area (Å²) in [5.41, 5.74) is 2.21. The molecule has 0 bridgehead atoms. The Morgan fingerprint density at radius 1 is 1.12 bits per heavy atom. The fourth-order valence-corrected chi connectivity index (χ4v) is 3.10. The normalized spacial score (nSPS) is 13.4. The van der Waals surface area contributed by atoms with Gasteiger partial charge in [-0.05, 0) is 31.5 Å². The summed E-state index contributed by atoms with van der Waals surface area (Å²) in [4.78, 5) is 26.9. The van der Waals surface area contributed by atoms with Crippen LogP contribution in [-0.2, 0) is 0 Å². The molecule has 0 saturated carbocycles. The van der Waals surface area contributed by atoms with E-state index in [0.717, 1.165) is 30.2 Å². The Hall–Kier alpha value is -2.62. The van der Waals surface area contributed by atoms with E-state index in [0.29, 0.717) is 35.4 Å². The van der Waals surface area contributed by atoms with Crippen LogP contribution in [0.2, 0.25) is 0 Å². The van der Waals surface area contributed by atoms with Gasteiger partial charge in [0.2, 0.25) is 0 Å². The fraction of sp³-hybridized carbons (Fsp3) is 0.333. The summed E-state index contributed by atoms with van der Waals surface area (Å²) in [5, 5.41) is 1.52. The highest BCUT2D eigenvalue weighted by Crippen LogP contribution is 2.35. The van der Waals surface area contributed by atoms with Gasteiger partial charge in [0, 0.05) is 34.9 Å². The molecule has 0 aromatic heterocycles. The predicted octanol–water partition coefficient (Wildman–Crippen LogP) is 4.58. The highest BCUT2D eigenvalue weighted by atomic mass is 16.5. The molecule has 2 aromatic rings. The van der Waals surface area contributed by atoms with Crippen LogP contribution in [0.25, 0.3) is 10.8 Å². The SMILES string of the molecule is C=C(C)CCOc1ccc2c3c(cccc13)C(=O)N(CCCC)C2=O. The molecule has 0 unspecified atom stereocenters. The molecule has 0 saturated heterocycles. The minimum Gasteiger partial charge on any atom is -0.493 e. The van der Waals surface area contributed by atoms with Gasteiger partial charge in [-0.3, -0.25) is 14.5 Å². The zero-order valence-electron chi connectivity index (χ0n) is 14.8. The van der Waals surface area contributed by atoms with E-state index < -0.39 is 0 Å². The van der Waals surface area contributed by atoms with Crippen LogP contribution in [0, 0.1) is 0 Å². The Balaban J connectivity index is 2.03. The van der Waals surface area contributed by atoms with E-state index in [1.165, 1.54) is 4.90 Å². The molecule has 0 aliphatic carbocycles. The smallest absolute Gasteiger partial charge is 0.261 e. The van der Waals surface area contributed by atoms with Crippen LogP contribution in [0.1, 0.15) is 53.8 Å². The van der Waals surface area contributed by atoms with Gasteiger partial charge in [0.25, 0.3) is 11.8 Å². The second kappa shape index (κ2) is 7.09. The van der Waals surface area contributed by atoms with Crippen LogP contribution in [-0.4, -0.2) is 29.9 Å². The molecular formula is C21H23NO3. The maximum absolute atomic E-state index is 12.8. The van der Waals surface area contributed by atoms with Crippen molar-refractivity contribution in [3.63, 3.8) is 0 Å². The van der Waals surface area contributed by atoms with Crippen molar-refractivity contribution in [3.8, 4) is 5.75 Å². The molecule has 0 atom stereocenters. The predicted molar refractivity (Wildman–Crippen MR) is 99.1 cm³/mol. The molecule has 0 fully saturated rings. The lowest BCUT2D eigenvalue weighted by molar-refractivity contribution is 0.0608. The molecule has 0 spiro atoms. The van der Waals surface area contributed by atoms with Crippen molar-refractivity contribution in [2.75, 3.05) is 13.2 Å². The van der Waals surface area contributed by atoms with Crippen LogP contribution in [0.5, 0.6) is 5.75 Å². The molecule has 3 rings (SSSR count). The van der Waals surface area contributed by atoms with Gasteiger partial charge in [0.1, 0.15) is 5.75 Å². The van der Waals surface area contributed by atoms with Gasteiger partial charge in [0.15, 0.2) is 0 Å². The summed E-state index contributed by atoms with van der Waals surface area (Å²) < 4.78 is 5.87. The molecule has 1 heterocycles. The van der Waals surface area contributed by atoms with Crippen LogP contribution >= 0.6 is 0 Å². The number of carbonyl (C=O) groups is 2. The van der Waals surface area contributed by atoms with Crippen molar-refractivity contribution < 1.29 is 14.3 Å². The van der Waals surface area contributed by atoms with E-state index >= 15 is 0 Å². The maximum atomic E-state index is 12.8. The molecular weight excluding hydrogens is 314 g/mol. The first-order valence-electron chi connectivity index (χ1n) is 8.73. The molecule has 2 amide bonds. The lowest BCUT2D eigenvalue weighted by Gasteiger charge is -2.27. The summed E-state index contributed by atoms with van der Waals surface area (Å²) >= 11 is 0. The van der Waals surface area contributed by atoms with E-state index in [-0.39, 0.29) is 11.8 Å². The van der Waals surface area contributed by atoms with Crippen molar-refractivity contribution in [1.82, 2.24) is 4.90 Å². The largest absolute Gasteiger partial charge is 0.493 e. The van der Waals surface area contributed by atoms with Gasteiger partial charge in [0.05, 0.1) is 6.61 Å². The molecule has 1 aliphatic rings. The van der Waals surface area contributed by atoms with Crippen LogP contribution in [0.15, 0.2) is 42.5 Å². The quantitative estimate of drug-likeness (QED) is 0.549. The number of hydrogen-bond donors (Lipinski definition) is 0. The lowest BCUT2D eigenvalue weighted by Crippen LogP contribution is -2.40. The molecule has 130 valence electrons. The second-order valence-electron chi connectivity index (χ2n) is 6.51. The minimum atomic E-state index is -0.212. The third-order valence-corrected chi connectivity index (χ3v) is 4.47. The summed E-state index contributed by atoms with van der Waals surface area (Å²) in [6.07, 6.45) is 2.51. The van der Waals surface area contributed by atoms with E-state index in [1.807, 2.05) is 32.0 Å². The zero-order valence-corrected chi connectivity index (χ0v) is 14.8. The summed E-state index contributed by atoms with van der Waals surface area (Å²) in [5.74, 6) is 0.274. The van der Waals surface area contributed by atoms with E-state index in [1.54, 1.807) is 12.1 Å². The average Bonchev–Trinajstić information content (AvgIpc) is 2.60. The number of ether oxygens (including phenoxy) is 1. The Labute approximate surface area is 148 Å². The topological polar surface area (TPSA) is 46.6 Å². The Morgan fingerprint density at radius 3 is 2.52 bits per heavy atom. The van der Waals surface area contributed by atoms with Crippen LogP contribution in [0.3, 0.4) is 0 Å². The summed E-state index contributed by atoms with van der Waals surface area (Å²) in [6.45, 7) is 8.87. The van der Waals surface area contributed by atoms with Crippen molar-refractivity contribution >= 4 is 22.6 Å². The number of rotatable bonds is 7. The number of imide groups is 1. The van der Waals surface area contributed by atoms with Crippen molar-refractivity contribution in [3.05, 3.63) is 53.6 Å². The van der Waals surface area contributed by atoms with Gasteiger partial charge >= 0.3 is 0 Å². The standard InChI is InChI=1S/C21H23NO3/c1-4-5-12-22-20(23)16-8-6-7-15-18(25-13-11-14(2)3)10-9-17(19(15)16)21(22)24/h6-10H,2,4-5,11-13H2,1,3H3. The number of hydrogen-bond acceptors (Lipinski definition) is 3. The van der Waals surface area contributed by atoms with Crippen molar-refractivity contribution in [2.45, 2.75) is 33.1 Å². The molecule has 0 radical (unpaired) electrons. The third-order valence-electron chi connectivity index (χ3n) is 4.47. The number of amides is 2. The fourth-order valence-electron chi connectivity index (χ4n) is 3.10. The third kappa shape index (κ3) is 3.16. The van der Waals surface area contributed by atoms with Crippen LogP contribution in [0.4, 0.5) is 0 Å². The van der Waals surface area contributed by atoms with E-state index in [9.17, 15) is 9.59 Å². The highest BCUT2D eigenvalue weighted by Gasteiger charge is 2.32. The Kier molecular flexibility index (Phi) is 4.88. The summed E-state index contributed by atoms with van der Waals surface area (Å²) in [6, 6.07) is 9.14. The molecule has 4 heteroatoms. The maximum Gasteiger partial charge on any atom is 0.261 e. The molecule has 1 aliphatic heterocycles. The van der Waals surface area contributed by atoms with E-state index in [4.69, 9.17) is 4.74 Å². The number of benzene rings is 2. The van der Waals surface area contributed by atoms with Gasteiger partial charge in [-0.1, -0.05) is 31.1 Å². The van der Waals surface area contributed by atoms with Gasteiger partial charge in [-0.15, -0.1) is 6.58 Å². The average molecular weight is 337 g/mol. The first kappa shape index (κ1) is 17.2. The molecule has 2 aromatic carbocycles. The molecule has 0 N–H and O–H groups in total. The van der Waals surface area contributed by atoms with E-state index in [2.05, 4.69) is 6.58 Å². The Morgan fingerprint density at radius 2 is 1.84 bits per heavy atom. The Bertz CT molecular complexity index is 831. The van der Waals surface area contributed by atoms with Crippen molar-refractivity contribution in [2.24, 2.45) is 0 Å². The first-order chi connectivity index (χ1) is 12.0. The molecule has 4 nitrogen and oxygen atoms in total. The number of carbonyl (C=O) groups excluding carboxylic acids is 2. The van der Waals surface area contributed by atoms with Crippen LogP contribution < -0.4 is 4.74 Å². The van der Waals surface area contributed by atoms with Gasteiger partial charge in [-0.25, -0.2) is 0 Å². The zero-order chi connectivity index (χ0) is 18.0. The lowest BCUT2D eigenvalue weighted by atomic mass is 9.93. The molecule has 25 heavy (non-hydrogen) atoms. The highest BCUT2D eigenvalue weighted by molar-refractivity contribution is 6.26. The van der Waals surface area contributed by atoms with Gasteiger partial charge in [-0.2, -0.15) is 0 Å². The van der Waals surface area contributed by atoms with Gasteiger partial charge < -0.3 is 4.74 Å². The number of nitrogens with zero attached hydrogens (tertiary/aromatic N) is 1.